The molecule has 1 aromatic rings. The lowest BCUT2D eigenvalue weighted by Crippen LogP contribution is -2.49. The molecule has 1 unspecified atom stereocenters. The van der Waals surface area contributed by atoms with Gasteiger partial charge in [-0.3, -0.25) is 5.32 Å². The van der Waals surface area contributed by atoms with Gasteiger partial charge in [0.05, 0.1) is 0 Å². The van der Waals surface area contributed by atoms with Crippen molar-refractivity contribution >= 4 is 17.7 Å². The molecule has 0 aliphatic carbocycles. The third-order valence-electron chi connectivity index (χ3n) is 2.94. The Morgan fingerprint density at radius 2 is 2.00 bits per heavy atom. The van der Waals surface area contributed by atoms with Crippen molar-refractivity contribution in [1.29, 1.82) is 0 Å². The van der Waals surface area contributed by atoms with E-state index in [0.29, 0.717) is 13.0 Å². The van der Waals surface area contributed by atoms with Gasteiger partial charge < -0.3 is 5.11 Å². The van der Waals surface area contributed by atoms with E-state index < -0.39 is 11.5 Å². The van der Waals surface area contributed by atoms with Crippen LogP contribution in [0.1, 0.15) is 25.8 Å². The smallest absolute Gasteiger partial charge is 0.328 e. The summed E-state index contributed by atoms with van der Waals surface area (Å²) in [6, 6.07) is 9.44. The van der Waals surface area contributed by atoms with Crippen LogP contribution < -0.4 is 5.32 Å². The van der Waals surface area contributed by atoms with E-state index in [1.165, 1.54) is 0 Å². The summed E-state index contributed by atoms with van der Waals surface area (Å²) in [7, 11) is 0. The van der Waals surface area contributed by atoms with Gasteiger partial charge >= 0.3 is 5.97 Å². The van der Waals surface area contributed by atoms with Crippen LogP contribution in [-0.4, -0.2) is 29.1 Å². The number of carboxylic acids is 1. The SMILES string of the molecule is CCNC(CCSCC)(C(=O)O)c1ccccc1. The lowest BCUT2D eigenvalue weighted by atomic mass is 9.87. The van der Waals surface area contributed by atoms with Crippen LogP contribution in [0, 0.1) is 0 Å². The number of hydrogen-bond acceptors (Lipinski definition) is 3. The molecular weight excluding hydrogens is 246 g/mol. The second kappa shape index (κ2) is 7.44. The van der Waals surface area contributed by atoms with Crippen LogP contribution in [-0.2, 0) is 10.3 Å². The fraction of sp³-hybridized carbons (Fsp3) is 0.500. The molecular formula is C14H21NO2S. The molecule has 3 nitrogen and oxygen atoms in total. The minimum Gasteiger partial charge on any atom is -0.480 e. The first-order valence-corrected chi connectivity index (χ1v) is 7.44. The lowest BCUT2D eigenvalue weighted by molar-refractivity contribution is -0.145. The summed E-state index contributed by atoms with van der Waals surface area (Å²) in [6.45, 7) is 4.66. The molecule has 1 atom stereocenters. The molecule has 0 fully saturated rings. The molecule has 0 aliphatic heterocycles. The standard InChI is InChI=1S/C14H21NO2S/c1-3-15-14(13(16)17,10-11-18-4-2)12-8-6-5-7-9-12/h5-9,15H,3-4,10-11H2,1-2H3,(H,16,17). The molecule has 0 spiro atoms. The molecule has 2 N–H and O–H groups in total. The van der Waals surface area contributed by atoms with Gasteiger partial charge in [0.15, 0.2) is 0 Å². The molecule has 0 amide bonds. The Balaban J connectivity index is 3.01. The number of likely N-dealkylation sites (N-methyl/N-ethyl adjacent to an activating group) is 1. The fourth-order valence-corrected chi connectivity index (χ4v) is 2.77. The Kier molecular flexibility index (Phi) is 6.22. The van der Waals surface area contributed by atoms with E-state index in [1.54, 1.807) is 11.8 Å². The highest BCUT2D eigenvalue weighted by molar-refractivity contribution is 7.99. The number of thioether (sulfide) groups is 1. The fourth-order valence-electron chi connectivity index (χ4n) is 2.03. The van der Waals surface area contributed by atoms with E-state index in [9.17, 15) is 9.90 Å². The van der Waals surface area contributed by atoms with E-state index in [4.69, 9.17) is 0 Å². The van der Waals surface area contributed by atoms with Crippen LogP contribution in [0.15, 0.2) is 30.3 Å². The molecule has 18 heavy (non-hydrogen) atoms. The monoisotopic (exact) mass is 267 g/mol. The Hall–Kier alpha value is -1.00. The van der Waals surface area contributed by atoms with Crippen LogP contribution in [0.5, 0.6) is 0 Å². The van der Waals surface area contributed by atoms with E-state index in [0.717, 1.165) is 17.1 Å². The number of carbonyl (C=O) groups is 1. The third-order valence-corrected chi connectivity index (χ3v) is 3.84. The maximum atomic E-state index is 11.7. The van der Waals surface area contributed by atoms with Gasteiger partial charge in [-0.05, 0) is 30.0 Å². The second-order valence-corrected chi connectivity index (χ2v) is 5.45. The second-order valence-electron chi connectivity index (χ2n) is 4.05. The molecule has 1 aromatic carbocycles. The first-order chi connectivity index (χ1) is 8.67. The normalized spacial score (nSPS) is 14.1. The van der Waals surface area contributed by atoms with Gasteiger partial charge in [0.2, 0.25) is 0 Å². The van der Waals surface area contributed by atoms with Gasteiger partial charge in [-0.1, -0.05) is 44.2 Å². The van der Waals surface area contributed by atoms with E-state index in [2.05, 4.69) is 12.2 Å². The van der Waals surface area contributed by atoms with Gasteiger partial charge in [-0.2, -0.15) is 11.8 Å². The van der Waals surface area contributed by atoms with Crippen molar-refractivity contribution in [2.75, 3.05) is 18.1 Å². The minimum atomic E-state index is -0.960. The predicted molar refractivity (Wildman–Crippen MR) is 77.0 cm³/mol. The van der Waals surface area contributed by atoms with Crippen LogP contribution in [0.2, 0.25) is 0 Å². The molecule has 1 rings (SSSR count). The molecule has 0 saturated heterocycles. The van der Waals surface area contributed by atoms with Crippen molar-refractivity contribution in [2.24, 2.45) is 0 Å². The van der Waals surface area contributed by atoms with Crippen molar-refractivity contribution in [3.8, 4) is 0 Å². The zero-order chi connectivity index (χ0) is 13.4. The number of hydrogen-bond donors (Lipinski definition) is 2. The zero-order valence-electron chi connectivity index (χ0n) is 11.0. The lowest BCUT2D eigenvalue weighted by Gasteiger charge is -2.30. The van der Waals surface area contributed by atoms with Crippen LogP contribution in [0.3, 0.4) is 0 Å². The molecule has 0 bridgehead atoms. The van der Waals surface area contributed by atoms with Gasteiger partial charge in [-0.25, -0.2) is 4.79 Å². The Labute approximate surface area is 113 Å². The number of rotatable bonds is 8. The topological polar surface area (TPSA) is 49.3 Å². The van der Waals surface area contributed by atoms with Crippen molar-refractivity contribution in [2.45, 2.75) is 25.8 Å². The number of carboxylic acid groups (broad SMARTS) is 1. The van der Waals surface area contributed by atoms with Crippen molar-refractivity contribution in [3.05, 3.63) is 35.9 Å². The van der Waals surface area contributed by atoms with Crippen LogP contribution in [0.25, 0.3) is 0 Å². The summed E-state index contributed by atoms with van der Waals surface area (Å²) in [6.07, 6.45) is 0.596. The summed E-state index contributed by atoms with van der Waals surface area (Å²) in [5.41, 5.74) is -0.130. The van der Waals surface area contributed by atoms with Crippen molar-refractivity contribution in [1.82, 2.24) is 5.32 Å². The van der Waals surface area contributed by atoms with E-state index in [1.807, 2.05) is 37.3 Å². The molecule has 0 radical (unpaired) electrons. The van der Waals surface area contributed by atoms with E-state index in [-0.39, 0.29) is 0 Å². The number of benzene rings is 1. The summed E-state index contributed by atoms with van der Waals surface area (Å²) >= 11 is 1.77. The highest BCUT2D eigenvalue weighted by Crippen LogP contribution is 2.27. The molecule has 0 aromatic heterocycles. The van der Waals surface area contributed by atoms with Crippen molar-refractivity contribution < 1.29 is 9.90 Å². The first-order valence-electron chi connectivity index (χ1n) is 6.29. The van der Waals surface area contributed by atoms with Gasteiger partial charge in [0.25, 0.3) is 0 Å². The average Bonchev–Trinajstić information content (AvgIpc) is 2.38. The number of aliphatic carboxylic acids is 1. The van der Waals surface area contributed by atoms with Crippen LogP contribution in [0.4, 0.5) is 0 Å². The Bertz CT molecular complexity index is 369. The molecule has 0 heterocycles. The van der Waals surface area contributed by atoms with Crippen LogP contribution >= 0.6 is 11.8 Å². The quantitative estimate of drug-likeness (QED) is 0.711. The zero-order valence-corrected chi connectivity index (χ0v) is 11.8. The van der Waals surface area contributed by atoms with Gasteiger partial charge in [0.1, 0.15) is 5.54 Å². The van der Waals surface area contributed by atoms with Crippen molar-refractivity contribution in [3.63, 3.8) is 0 Å². The number of nitrogens with one attached hydrogen (secondary N) is 1. The molecule has 100 valence electrons. The maximum Gasteiger partial charge on any atom is 0.328 e. The highest BCUT2D eigenvalue weighted by Gasteiger charge is 2.38. The molecule has 0 aliphatic rings. The average molecular weight is 267 g/mol. The summed E-state index contributed by atoms with van der Waals surface area (Å²) < 4.78 is 0. The third kappa shape index (κ3) is 3.50. The molecule has 4 heteroatoms. The predicted octanol–water partition coefficient (Wildman–Crippen LogP) is 2.72. The Morgan fingerprint density at radius 1 is 1.33 bits per heavy atom. The minimum absolute atomic E-state index is 0.596. The molecule has 0 saturated carbocycles. The maximum absolute atomic E-state index is 11.7. The highest BCUT2D eigenvalue weighted by atomic mass is 32.2. The summed E-state index contributed by atoms with van der Waals surface area (Å²) in [4.78, 5) is 11.7. The Morgan fingerprint density at radius 3 is 2.50 bits per heavy atom. The summed E-state index contributed by atoms with van der Waals surface area (Å²) in [5.74, 6) is 1.05. The van der Waals surface area contributed by atoms with Gasteiger partial charge in [0, 0.05) is 0 Å². The largest absolute Gasteiger partial charge is 0.480 e. The summed E-state index contributed by atoms with van der Waals surface area (Å²) in [5, 5.41) is 12.8. The van der Waals surface area contributed by atoms with Gasteiger partial charge in [-0.15, -0.1) is 0 Å². The van der Waals surface area contributed by atoms with E-state index >= 15 is 0 Å². The first kappa shape index (κ1) is 15.1.